The first-order valence-corrected chi connectivity index (χ1v) is 20.7. The Morgan fingerprint density at radius 2 is 1.32 bits per heavy atom. The minimum absolute atomic E-state index is 0.745. The smallest absolute Gasteiger partial charge is 0.143 e. The van der Waals surface area contributed by atoms with Crippen molar-refractivity contribution in [2.24, 2.45) is 0 Å². The quantitative estimate of drug-likeness (QED) is 0.176. The molecule has 0 aromatic heterocycles. The van der Waals surface area contributed by atoms with Crippen molar-refractivity contribution in [3.8, 4) is 0 Å². The summed E-state index contributed by atoms with van der Waals surface area (Å²) in [5.74, 6) is 0. The average molecular weight is 523 g/mol. The zero-order valence-corrected chi connectivity index (χ0v) is 20.4. The fraction of sp³-hybridized carbons (Fsp3) is 1.00. The molecule has 0 bridgehead atoms. The summed E-state index contributed by atoms with van der Waals surface area (Å²) in [5, 5.41) is 0. The number of hydrogen-bond donors (Lipinski definition) is 0. The lowest BCUT2D eigenvalue weighted by Crippen LogP contribution is -2.44. The highest BCUT2D eigenvalue weighted by Gasteiger charge is 2.51. The molecule has 1 aliphatic rings. The van der Waals surface area contributed by atoms with Crippen molar-refractivity contribution >= 4 is 131 Å². The predicted octanol–water partition coefficient (Wildman–Crippen LogP) is 7.49. The monoisotopic (exact) mass is 518 g/mol. The molecular weight excluding hydrogens is 511 g/mol. The third-order valence-corrected chi connectivity index (χ3v) is 10.6. The van der Waals surface area contributed by atoms with E-state index in [2.05, 4.69) is 0 Å². The van der Waals surface area contributed by atoms with Crippen molar-refractivity contribution in [2.75, 3.05) is 0 Å². The van der Waals surface area contributed by atoms with E-state index in [1.165, 1.54) is 0 Å². The van der Waals surface area contributed by atoms with Crippen LogP contribution in [-0.4, -0.2) is 23.4 Å². The highest BCUT2D eigenvalue weighted by atomic mass is 35.8. The molecule has 1 saturated heterocycles. The first kappa shape index (κ1) is 24.8. The third-order valence-electron chi connectivity index (χ3n) is 1.77. The number of alkyl halides is 2. The predicted molar refractivity (Wildman–Crippen MR) is 104 cm³/mol. The summed E-state index contributed by atoms with van der Waals surface area (Å²) in [6, 6.07) is -1.37. The van der Waals surface area contributed by atoms with Gasteiger partial charge in [0.15, 0.2) is 0 Å². The van der Waals surface area contributed by atoms with E-state index in [1.807, 2.05) is 0 Å². The Morgan fingerprint density at radius 1 is 1.00 bits per heavy atom. The maximum absolute atomic E-state index is 6.00. The van der Waals surface area contributed by atoms with Crippen LogP contribution in [-0.2, 0) is 0 Å². The normalized spacial score (nSPS) is 20.8. The summed E-state index contributed by atoms with van der Waals surface area (Å²) in [6.45, 7) is -2.44. The summed E-state index contributed by atoms with van der Waals surface area (Å²) in [6.07, 6.45) is 2.86. The molecule has 0 spiro atoms. The number of rotatable bonds is 0. The molecule has 1 rings (SSSR count). The molecule has 0 N–H and O–H groups in total. The van der Waals surface area contributed by atoms with Crippen LogP contribution in [0.2, 0.25) is 12.6 Å². The van der Waals surface area contributed by atoms with Gasteiger partial charge in [-0.1, -0.05) is 12.8 Å². The van der Waals surface area contributed by atoms with Gasteiger partial charge in [0.1, 0.15) is 3.96 Å². The molecule has 0 amide bonds. The van der Waals surface area contributed by atoms with Crippen molar-refractivity contribution in [1.29, 1.82) is 0 Å². The molecule has 0 aliphatic carbocycles. The molecular formula is C6H12Cl10Si3. The Kier molecular flexibility index (Phi) is 14.6. The highest BCUT2D eigenvalue weighted by molar-refractivity contribution is 7.64. The second-order valence-corrected chi connectivity index (χ2v) is 29.5. The molecule has 0 aromatic carbocycles. The average Bonchev–Trinajstić information content (AvgIpc) is 2.06. The summed E-state index contributed by atoms with van der Waals surface area (Å²) in [5.41, 5.74) is 0. The van der Waals surface area contributed by atoms with Crippen LogP contribution >= 0.6 is 112 Å². The number of halogens is 10. The van der Waals surface area contributed by atoms with Gasteiger partial charge in [0.05, 0.1) is 0 Å². The zero-order valence-electron chi connectivity index (χ0n) is 9.69. The molecule has 0 aromatic rings. The topological polar surface area (TPSA) is 0 Å². The van der Waals surface area contributed by atoms with E-state index in [9.17, 15) is 0 Å². The molecule has 1 heterocycles. The van der Waals surface area contributed by atoms with Gasteiger partial charge in [-0.3, -0.25) is 0 Å². The summed E-state index contributed by atoms with van der Waals surface area (Å²) < 4.78 is -0.811. The van der Waals surface area contributed by atoms with Crippen molar-refractivity contribution in [2.45, 2.75) is 35.8 Å². The van der Waals surface area contributed by atoms with Crippen molar-refractivity contribution in [3.05, 3.63) is 0 Å². The molecule has 1 aliphatic heterocycles. The van der Waals surface area contributed by atoms with Crippen LogP contribution in [0, 0.1) is 0 Å². The van der Waals surface area contributed by atoms with Gasteiger partial charge in [0.25, 0.3) is 6.69 Å². The second-order valence-electron chi connectivity index (χ2n) is 3.64. The maximum Gasteiger partial charge on any atom is 0.338 e. The Bertz CT molecular complexity index is 215. The molecule has 19 heavy (non-hydrogen) atoms. The van der Waals surface area contributed by atoms with E-state index < -0.39 is 23.4 Å². The molecule has 13 heteroatoms. The van der Waals surface area contributed by atoms with Crippen LogP contribution in [0.4, 0.5) is 0 Å². The van der Waals surface area contributed by atoms with Crippen molar-refractivity contribution < 1.29 is 0 Å². The van der Waals surface area contributed by atoms with E-state index in [1.54, 1.807) is 6.55 Å². The van der Waals surface area contributed by atoms with Crippen LogP contribution < -0.4 is 0 Å². The van der Waals surface area contributed by atoms with Gasteiger partial charge >= 0.3 is 12.7 Å². The van der Waals surface area contributed by atoms with Crippen LogP contribution in [0.25, 0.3) is 0 Å². The SMILES string of the molecule is C[Si](Cl)(Cl)Cl.ClC1(Cl)CCCC[Si]1(Cl)Cl.Cl[SiH](Cl)Cl. The molecule has 1 fully saturated rings. The molecule has 118 valence electrons. The standard InChI is InChI=1S/C5H8Cl4Si.CH3Cl3Si.Cl3HSi/c6-5(7)3-1-2-4-10(5,8)9;1-5(2,3)4;1-4(2)3/h1-4H2;1H3;4H. The first-order valence-electron chi connectivity index (χ1n) is 4.93. The molecule has 0 saturated carbocycles. The number of hydrogen-bond acceptors (Lipinski definition) is 0. The Hall–Kier alpha value is 3.55. The lowest BCUT2D eigenvalue weighted by molar-refractivity contribution is 0.684. The molecule has 0 atom stereocenters. The van der Waals surface area contributed by atoms with Gasteiger partial charge in [-0.15, -0.1) is 112 Å². The van der Waals surface area contributed by atoms with Crippen molar-refractivity contribution in [3.63, 3.8) is 0 Å². The van der Waals surface area contributed by atoms with E-state index in [4.69, 9.17) is 112 Å². The molecule has 0 unspecified atom stereocenters. The van der Waals surface area contributed by atoms with Gasteiger partial charge in [-0.2, -0.15) is 0 Å². The van der Waals surface area contributed by atoms with Crippen LogP contribution in [0.5, 0.6) is 0 Å². The van der Waals surface area contributed by atoms with E-state index in [0.717, 1.165) is 25.3 Å². The lowest BCUT2D eigenvalue weighted by Gasteiger charge is -2.34. The minimum atomic E-state index is -2.34. The van der Waals surface area contributed by atoms with Crippen LogP contribution in [0.3, 0.4) is 0 Å². The van der Waals surface area contributed by atoms with Gasteiger partial charge < -0.3 is 0 Å². The highest BCUT2D eigenvalue weighted by Crippen LogP contribution is 2.48. The van der Waals surface area contributed by atoms with E-state index in [0.29, 0.717) is 0 Å². The zero-order chi connectivity index (χ0) is 15.9. The molecule has 0 radical (unpaired) electrons. The summed E-state index contributed by atoms with van der Waals surface area (Å²) in [7, 11) is 0. The second kappa shape index (κ2) is 11.2. The summed E-state index contributed by atoms with van der Waals surface area (Å²) in [4.78, 5) is 0. The largest absolute Gasteiger partial charge is 0.338 e. The maximum atomic E-state index is 6.00. The summed E-state index contributed by atoms with van der Waals surface area (Å²) >= 11 is 54.3. The van der Waals surface area contributed by atoms with Crippen LogP contribution in [0.1, 0.15) is 19.3 Å². The van der Waals surface area contributed by atoms with E-state index >= 15 is 0 Å². The Labute approximate surface area is 165 Å². The van der Waals surface area contributed by atoms with Crippen LogP contribution in [0.15, 0.2) is 0 Å². The fourth-order valence-corrected chi connectivity index (χ4v) is 4.87. The van der Waals surface area contributed by atoms with Gasteiger partial charge in [-0.05, 0) is 19.0 Å². The third kappa shape index (κ3) is 17.7. The van der Waals surface area contributed by atoms with Crippen molar-refractivity contribution in [1.82, 2.24) is 0 Å². The minimum Gasteiger partial charge on any atom is -0.143 e. The lowest BCUT2D eigenvalue weighted by atomic mass is 10.3. The molecule has 0 nitrogen and oxygen atoms in total. The van der Waals surface area contributed by atoms with Gasteiger partial charge in [0.2, 0.25) is 0 Å². The van der Waals surface area contributed by atoms with E-state index in [-0.39, 0.29) is 0 Å². The van der Waals surface area contributed by atoms with Gasteiger partial charge in [-0.25, -0.2) is 0 Å². The Morgan fingerprint density at radius 3 is 1.47 bits per heavy atom. The van der Waals surface area contributed by atoms with Gasteiger partial charge in [0, 0.05) is 0 Å². The fourth-order valence-electron chi connectivity index (χ4n) is 1.06. The Balaban J connectivity index is 0. The first-order chi connectivity index (χ1) is 8.19.